The van der Waals surface area contributed by atoms with Crippen LogP contribution in [0.3, 0.4) is 0 Å². The number of benzene rings is 1. The largest absolute Gasteiger partial charge is 0.316 e. The highest BCUT2D eigenvalue weighted by molar-refractivity contribution is 5.33. The topological polar surface area (TPSA) is 12.0 Å². The highest BCUT2D eigenvalue weighted by atomic mass is 14.9. The standard InChI is InChI=1S/C19H31N/c1-3-4-5-6-7-11-14-18(20-2)19(15-16-19)17-12-9-8-10-13-17/h8-10,12-13,18,20H,3-7,11,14-16H2,1-2H3. The van der Waals surface area contributed by atoms with Crippen molar-refractivity contribution in [3.63, 3.8) is 0 Å². The van der Waals surface area contributed by atoms with E-state index in [1.807, 2.05) is 0 Å². The average Bonchev–Trinajstić information content (AvgIpc) is 3.29. The van der Waals surface area contributed by atoms with Gasteiger partial charge in [-0.25, -0.2) is 0 Å². The molecule has 0 amide bonds. The van der Waals surface area contributed by atoms with E-state index >= 15 is 0 Å². The van der Waals surface area contributed by atoms with E-state index in [4.69, 9.17) is 0 Å². The Morgan fingerprint density at radius 3 is 2.25 bits per heavy atom. The number of unbranched alkanes of at least 4 members (excludes halogenated alkanes) is 5. The summed E-state index contributed by atoms with van der Waals surface area (Å²) in [6.45, 7) is 2.29. The molecule has 2 rings (SSSR count). The van der Waals surface area contributed by atoms with E-state index in [-0.39, 0.29) is 0 Å². The van der Waals surface area contributed by atoms with Crippen LogP contribution in [0.1, 0.15) is 70.3 Å². The maximum atomic E-state index is 3.61. The third-order valence-electron chi connectivity index (χ3n) is 5.00. The molecule has 0 aromatic heterocycles. The second kappa shape index (κ2) is 7.83. The smallest absolute Gasteiger partial charge is 0.0161 e. The fourth-order valence-corrected chi connectivity index (χ4v) is 3.57. The predicted molar refractivity (Wildman–Crippen MR) is 88.2 cm³/mol. The van der Waals surface area contributed by atoms with E-state index in [2.05, 4.69) is 49.6 Å². The van der Waals surface area contributed by atoms with E-state index in [9.17, 15) is 0 Å². The Morgan fingerprint density at radius 1 is 1.00 bits per heavy atom. The fraction of sp³-hybridized carbons (Fsp3) is 0.684. The van der Waals surface area contributed by atoms with Gasteiger partial charge in [0.05, 0.1) is 0 Å². The highest BCUT2D eigenvalue weighted by Gasteiger charge is 2.49. The van der Waals surface area contributed by atoms with Crippen LogP contribution in [-0.4, -0.2) is 13.1 Å². The third-order valence-corrected chi connectivity index (χ3v) is 5.00. The van der Waals surface area contributed by atoms with Gasteiger partial charge in [0.15, 0.2) is 0 Å². The van der Waals surface area contributed by atoms with Crippen LogP contribution >= 0.6 is 0 Å². The maximum Gasteiger partial charge on any atom is 0.0161 e. The minimum atomic E-state index is 0.444. The van der Waals surface area contributed by atoms with Crippen LogP contribution in [0.15, 0.2) is 30.3 Å². The summed E-state index contributed by atoms with van der Waals surface area (Å²) in [5, 5.41) is 3.61. The Kier molecular flexibility index (Phi) is 6.09. The second-order valence-electron chi connectivity index (χ2n) is 6.42. The summed E-state index contributed by atoms with van der Waals surface area (Å²) in [5.74, 6) is 0. The molecule has 0 heterocycles. The SMILES string of the molecule is CCCCCCCCC(NC)C1(c2ccccc2)CC1. The first-order valence-electron chi connectivity index (χ1n) is 8.56. The van der Waals surface area contributed by atoms with Gasteiger partial charge in [-0.15, -0.1) is 0 Å². The first-order valence-corrected chi connectivity index (χ1v) is 8.56. The van der Waals surface area contributed by atoms with Crippen LogP contribution in [0.25, 0.3) is 0 Å². The van der Waals surface area contributed by atoms with Crippen molar-refractivity contribution < 1.29 is 0 Å². The third kappa shape index (κ3) is 3.85. The van der Waals surface area contributed by atoms with Crippen LogP contribution in [0.4, 0.5) is 0 Å². The lowest BCUT2D eigenvalue weighted by atomic mass is 9.85. The van der Waals surface area contributed by atoms with Crippen LogP contribution in [0, 0.1) is 0 Å². The van der Waals surface area contributed by atoms with Crippen molar-refractivity contribution in [2.45, 2.75) is 76.2 Å². The molecule has 0 bridgehead atoms. The van der Waals surface area contributed by atoms with Crippen LogP contribution < -0.4 is 5.32 Å². The first-order chi connectivity index (χ1) is 9.83. The van der Waals surface area contributed by atoms with E-state index in [0.29, 0.717) is 11.5 Å². The van der Waals surface area contributed by atoms with E-state index in [1.54, 1.807) is 5.56 Å². The zero-order chi connectivity index (χ0) is 14.3. The summed E-state index contributed by atoms with van der Waals surface area (Å²) >= 11 is 0. The molecule has 1 fully saturated rings. The molecule has 1 aliphatic rings. The molecule has 1 nitrogen and oxygen atoms in total. The monoisotopic (exact) mass is 273 g/mol. The molecular weight excluding hydrogens is 242 g/mol. The predicted octanol–water partition coefficient (Wildman–Crippen LogP) is 5.06. The Labute approximate surface area is 125 Å². The molecule has 0 spiro atoms. The number of hydrogen-bond donors (Lipinski definition) is 1. The van der Waals surface area contributed by atoms with Crippen molar-refractivity contribution in [2.24, 2.45) is 0 Å². The maximum absolute atomic E-state index is 3.61. The zero-order valence-electron chi connectivity index (χ0n) is 13.3. The minimum absolute atomic E-state index is 0.444. The molecule has 112 valence electrons. The van der Waals surface area contributed by atoms with Gasteiger partial charge in [-0.3, -0.25) is 0 Å². The number of hydrogen-bond acceptors (Lipinski definition) is 1. The van der Waals surface area contributed by atoms with E-state index in [0.717, 1.165) is 0 Å². The average molecular weight is 273 g/mol. The lowest BCUT2D eigenvalue weighted by Crippen LogP contribution is -2.37. The summed E-state index contributed by atoms with van der Waals surface area (Å²) in [7, 11) is 2.14. The fourth-order valence-electron chi connectivity index (χ4n) is 3.57. The van der Waals surface area contributed by atoms with Crippen molar-refractivity contribution >= 4 is 0 Å². The molecule has 1 N–H and O–H groups in total. The summed E-state index contributed by atoms with van der Waals surface area (Å²) in [4.78, 5) is 0. The van der Waals surface area contributed by atoms with Crippen LogP contribution in [0.5, 0.6) is 0 Å². The molecule has 1 aromatic rings. The molecule has 1 atom stereocenters. The molecular formula is C19H31N. The Hall–Kier alpha value is -0.820. The lowest BCUT2D eigenvalue weighted by Gasteiger charge is -2.27. The molecule has 0 saturated heterocycles. The van der Waals surface area contributed by atoms with Gasteiger partial charge in [0.2, 0.25) is 0 Å². The van der Waals surface area contributed by atoms with Crippen molar-refractivity contribution in [1.29, 1.82) is 0 Å². The minimum Gasteiger partial charge on any atom is -0.316 e. The molecule has 1 unspecified atom stereocenters. The lowest BCUT2D eigenvalue weighted by molar-refractivity contribution is 0.400. The van der Waals surface area contributed by atoms with Crippen LogP contribution in [0.2, 0.25) is 0 Å². The van der Waals surface area contributed by atoms with Gasteiger partial charge in [0.25, 0.3) is 0 Å². The summed E-state index contributed by atoms with van der Waals surface area (Å²) in [6, 6.07) is 11.8. The molecule has 1 aromatic carbocycles. The zero-order valence-corrected chi connectivity index (χ0v) is 13.3. The molecule has 1 heteroatoms. The Balaban J connectivity index is 1.80. The summed E-state index contributed by atoms with van der Waals surface area (Å²) in [5.41, 5.74) is 1.99. The number of rotatable bonds is 10. The first kappa shape index (κ1) is 15.6. The quantitative estimate of drug-likeness (QED) is 0.588. The summed E-state index contributed by atoms with van der Waals surface area (Å²) < 4.78 is 0. The molecule has 0 radical (unpaired) electrons. The van der Waals surface area contributed by atoms with Crippen molar-refractivity contribution in [3.8, 4) is 0 Å². The highest BCUT2D eigenvalue weighted by Crippen LogP contribution is 2.52. The van der Waals surface area contributed by atoms with Gasteiger partial charge in [0.1, 0.15) is 0 Å². The van der Waals surface area contributed by atoms with Gasteiger partial charge in [0, 0.05) is 11.5 Å². The van der Waals surface area contributed by atoms with Crippen molar-refractivity contribution in [3.05, 3.63) is 35.9 Å². The molecule has 20 heavy (non-hydrogen) atoms. The van der Waals surface area contributed by atoms with E-state index in [1.165, 1.54) is 57.8 Å². The molecule has 0 aliphatic heterocycles. The second-order valence-corrected chi connectivity index (χ2v) is 6.42. The van der Waals surface area contributed by atoms with E-state index < -0.39 is 0 Å². The molecule has 1 aliphatic carbocycles. The number of nitrogens with one attached hydrogen (secondary N) is 1. The van der Waals surface area contributed by atoms with Gasteiger partial charge < -0.3 is 5.32 Å². The summed E-state index contributed by atoms with van der Waals surface area (Å²) in [6.07, 6.45) is 12.4. The normalized spacial score (nSPS) is 17.9. The van der Waals surface area contributed by atoms with Gasteiger partial charge >= 0.3 is 0 Å². The van der Waals surface area contributed by atoms with Gasteiger partial charge in [-0.2, -0.15) is 0 Å². The Bertz CT molecular complexity index is 367. The number of likely N-dealkylation sites (N-methyl/N-ethyl adjacent to an activating group) is 1. The molecule has 1 saturated carbocycles. The van der Waals surface area contributed by atoms with Crippen molar-refractivity contribution in [1.82, 2.24) is 5.32 Å². The van der Waals surface area contributed by atoms with Gasteiger partial charge in [-0.05, 0) is 31.9 Å². The van der Waals surface area contributed by atoms with Crippen molar-refractivity contribution in [2.75, 3.05) is 7.05 Å². The van der Waals surface area contributed by atoms with Crippen LogP contribution in [-0.2, 0) is 5.41 Å². The Morgan fingerprint density at radius 2 is 1.65 bits per heavy atom. The van der Waals surface area contributed by atoms with Gasteiger partial charge in [-0.1, -0.05) is 75.8 Å².